The van der Waals surface area contributed by atoms with E-state index in [-0.39, 0.29) is 43.2 Å². The molecule has 4 aromatic rings. The smallest absolute Gasteiger partial charge is 0.383 e. The summed E-state index contributed by atoms with van der Waals surface area (Å²) in [7, 11) is 0. The highest BCUT2D eigenvalue weighted by molar-refractivity contribution is 6.35. The van der Waals surface area contributed by atoms with Crippen molar-refractivity contribution in [1.82, 2.24) is 20.0 Å². The lowest BCUT2D eigenvalue weighted by molar-refractivity contribution is -0.159. The van der Waals surface area contributed by atoms with Crippen molar-refractivity contribution in [1.29, 1.82) is 10.5 Å². The third-order valence-electron chi connectivity index (χ3n) is 5.72. The minimum atomic E-state index is -4.21. The lowest BCUT2D eigenvalue weighted by atomic mass is 9.96. The summed E-state index contributed by atoms with van der Waals surface area (Å²) in [4.78, 5) is 15.6. The molecule has 0 spiro atoms. The number of nitrogens with one attached hydrogen (secondary N) is 2. The monoisotopic (exact) mass is 564 g/mol. The average molecular weight is 565 g/mol. The van der Waals surface area contributed by atoms with Crippen molar-refractivity contribution < 1.29 is 14.9 Å². The Balaban J connectivity index is 1.90. The van der Waals surface area contributed by atoms with Crippen LogP contribution in [-0.4, -0.2) is 32.4 Å². The SMILES string of the molecule is [2H][C@@](Nc1cc(Cl)c2ncc(C#N)c(NCC(C)(C)C)c2c1)(c1cccc(C#N)c1)c1cn(C(F)(F)C(N)=O)nn1. The predicted octanol–water partition coefficient (Wildman–Crippen LogP) is 4.92. The van der Waals surface area contributed by atoms with Gasteiger partial charge in [-0.1, -0.05) is 49.7 Å². The number of benzene rings is 2. The normalized spacial score (nSPS) is 13.6. The van der Waals surface area contributed by atoms with E-state index in [1.165, 1.54) is 36.5 Å². The first-order chi connectivity index (χ1) is 19.2. The second-order valence-electron chi connectivity index (χ2n) is 10.1. The number of aromatic nitrogens is 4. The zero-order valence-electron chi connectivity index (χ0n) is 22.6. The first-order valence-corrected chi connectivity index (χ1v) is 12.2. The molecule has 0 aliphatic heterocycles. The van der Waals surface area contributed by atoms with Crippen LogP contribution in [0.2, 0.25) is 5.02 Å². The van der Waals surface area contributed by atoms with E-state index in [1.807, 2.05) is 26.8 Å². The molecule has 1 atom stereocenters. The molecule has 1 amide bonds. The van der Waals surface area contributed by atoms with Crippen LogP contribution in [0.5, 0.6) is 0 Å². The highest BCUT2D eigenvalue weighted by Crippen LogP contribution is 2.36. The maximum atomic E-state index is 14.3. The van der Waals surface area contributed by atoms with Gasteiger partial charge in [0, 0.05) is 23.8 Å². The van der Waals surface area contributed by atoms with Gasteiger partial charge in [-0.05, 0) is 35.2 Å². The zero-order chi connectivity index (χ0) is 30.2. The predicted molar refractivity (Wildman–Crippen MR) is 145 cm³/mol. The third-order valence-corrected chi connectivity index (χ3v) is 6.01. The van der Waals surface area contributed by atoms with Crippen molar-refractivity contribution in [3.05, 3.63) is 76.2 Å². The van der Waals surface area contributed by atoms with Crippen LogP contribution in [0.15, 0.2) is 48.8 Å². The number of primary amides is 1. The van der Waals surface area contributed by atoms with Crippen molar-refractivity contribution in [2.75, 3.05) is 17.2 Å². The van der Waals surface area contributed by atoms with Gasteiger partial charge in [0.05, 0.1) is 47.0 Å². The second kappa shape index (κ2) is 10.8. The molecule has 0 fully saturated rings. The zero-order valence-corrected chi connectivity index (χ0v) is 22.4. The van der Waals surface area contributed by atoms with Crippen molar-refractivity contribution in [3.63, 3.8) is 0 Å². The van der Waals surface area contributed by atoms with Gasteiger partial charge in [-0.3, -0.25) is 9.78 Å². The summed E-state index contributed by atoms with van der Waals surface area (Å²) in [6.45, 7) is 6.58. The number of nitrogens with two attached hydrogens (primary N) is 1. The Hall–Kier alpha value is -4.81. The number of pyridine rings is 1. The summed E-state index contributed by atoms with van der Waals surface area (Å²) in [6, 6.07) is 6.78. The molecule has 0 radical (unpaired) electrons. The Kier molecular flexibility index (Phi) is 7.20. The lowest BCUT2D eigenvalue weighted by Gasteiger charge is -2.22. The minimum Gasteiger partial charge on any atom is -0.383 e. The summed E-state index contributed by atoms with van der Waals surface area (Å²) in [6.07, 6.45) is 2.13. The quantitative estimate of drug-likeness (QED) is 0.272. The molecule has 2 aromatic heterocycles. The number of nitriles is 2. The van der Waals surface area contributed by atoms with Crippen LogP contribution in [0.25, 0.3) is 10.9 Å². The van der Waals surface area contributed by atoms with E-state index in [2.05, 4.69) is 32.0 Å². The second-order valence-corrected chi connectivity index (χ2v) is 10.5. The number of hydrogen-bond donors (Lipinski definition) is 3. The topological polar surface area (TPSA) is 158 Å². The number of hydrogen-bond acceptors (Lipinski definition) is 8. The largest absolute Gasteiger partial charge is 0.423 e. The van der Waals surface area contributed by atoms with Crippen LogP contribution in [0.1, 0.15) is 50.5 Å². The van der Waals surface area contributed by atoms with Gasteiger partial charge in [0.1, 0.15) is 11.8 Å². The molecule has 40 heavy (non-hydrogen) atoms. The molecular weight excluding hydrogens is 540 g/mol. The Morgan fingerprint density at radius 1 is 1.25 bits per heavy atom. The number of nitrogens with zero attached hydrogens (tertiary/aromatic N) is 6. The molecule has 0 aliphatic carbocycles. The number of alkyl halides is 2. The first-order valence-electron chi connectivity index (χ1n) is 12.4. The fraction of sp³-hybridized carbons (Fsp3) is 0.259. The van der Waals surface area contributed by atoms with Gasteiger partial charge in [0.15, 0.2) is 0 Å². The van der Waals surface area contributed by atoms with E-state index in [4.69, 9.17) is 17.3 Å². The number of carbonyl (C=O) groups is 1. The molecule has 0 saturated carbocycles. The molecule has 0 saturated heterocycles. The Bertz CT molecular complexity index is 1740. The third kappa shape index (κ3) is 5.77. The van der Waals surface area contributed by atoms with Crippen LogP contribution < -0.4 is 16.4 Å². The molecule has 13 heteroatoms. The van der Waals surface area contributed by atoms with Crippen LogP contribution in [0.4, 0.5) is 20.2 Å². The maximum absolute atomic E-state index is 14.3. The molecule has 4 rings (SSSR count). The lowest BCUT2D eigenvalue weighted by Crippen LogP contribution is -2.39. The van der Waals surface area contributed by atoms with E-state index in [1.54, 1.807) is 6.07 Å². The van der Waals surface area contributed by atoms with Gasteiger partial charge in [0.25, 0.3) is 0 Å². The number of rotatable bonds is 8. The standard InChI is InChI=1S/C27H24ClF2N9O/c1-26(2,3)14-35-22-17(11-32)12-34-24-19(22)8-18(9-20(24)28)36-23(16-6-4-5-15(7-16)10-31)21-13-39(38-37-21)27(29,30)25(33)40/h4-9,12-13,23,36H,14H2,1-3H3,(H2,33,40)(H,34,35)/t23-/m1/s1/i23D. The molecule has 0 bridgehead atoms. The van der Waals surface area contributed by atoms with Crippen LogP contribution in [-0.2, 0) is 10.8 Å². The Morgan fingerprint density at radius 3 is 2.65 bits per heavy atom. The van der Waals surface area contributed by atoms with E-state index >= 15 is 0 Å². The van der Waals surface area contributed by atoms with Crippen molar-refractivity contribution in [3.8, 4) is 12.1 Å². The van der Waals surface area contributed by atoms with Gasteiger partial charge in [-0.25, -0.2) is 0 Å². The molecular formula is C27H24ClF2N9O. The van der Waals surface area contributed by atoms with Crippen LogP contribution in [0.3, 0.4) is 0 Å². The number of halogens is 3. The Morgan fingerprint density at radius 2 is 2.00 bits per heavy atom. The number of carbonyl (C=O) groups excluding carboxylic acids is 1. The number of fused-ring (bicyclic) bond motifs is 1. The molecule has 204 valence electrons. The van der Waals surface area contributed by atoms with Gasteiger partial charge < -0.3 is 16.4 Å². The van der Waals surface area contributed by atoms with Crippen LogP contribution in [0, 0.1) is 28.1 Å². The van der Waals surface area contributed by atoms with Crippen molar-refractivity contribution in [2.45, 2.75) is 32.8 Å². The summed E-state index contributed by atoms with van der Waals surface area (Å²) >= 11 is 6.59. The minimum absolute atomic E-state index is 0.0329. The summed E-state index contributed by atoms with van der Waals surface area (Å²) in [5, 5.41) is 33.2. The van der Waals surface area contributed by atoms with Gasteiger partial charge >= 0.3 is 12.0 Å². The fourth-order valence-electron chi connectivity index (χ4n) is 3.76. The Labute approximate surface area is 234 Å². The first kappa shape index (κ1) is 26.8. The maximum Gasteiger partial charge on any atom is 0.423 e. The number of amides is 1. The van der Waals surface area contributed by atoms with E-state index in [0.717, 1.165) is 6.20 Å². The van der Waals surface area contributed by atoms with Crippen molar-refractivity contribution >= 4 is 39.8 Å². The molecule has 2 heterocycles. The van der Waals surface area contributed by atoms with Gasteiger partial charge in [-0.15, -0.1) is 5.10 Å². The average Bonchev–Trinajstić information content (AvgIpc) is 3.43. The molecule has 0 aliphatic rings. The number of anilines is 2. The van der Waals surface area contributed by atoms with E-state index in [9.17, 15) is 25.5 Å². The highest BCUT2D eigenvalue weighted by Gasteiger charge is 2.41. The van der Waals surface area contributed by atoms with Gasteiger partial charge in [-0.2, -0.15) is 24.0 Å². The fourth-order valence-corrected chi connectivity index (χ4v) is 4.03. The highest BCUT2D eigenvalue weighted by atomic mass is 35.5. The van der Waals surface area contributed by atoms with E-state index in [0.29, 0.717) is 23.1 Å². The molecule has 10 nitrogen and oxygen atoms in total. The summed E-state index contributed by atoms with van der Waals surface area (Å²) in [5.74, 6) is -1.96. The van der Waals surface area contributed by atoms with E-state index < -0.39 is 18.0 Å². The summed E-state index contributed by atoms with van der Waals surface area (Å²) < 4.78 is 38.0. The molecule has 0 unspecified atom stereocenters. The molecule has 4 N–H and O–H groups in total. The summed E-state index contributed by atoms with van der Waals surface area (Å²) in [5.41, 5.74) is 6.09. The molecule has 2 aromatic carbocycles. The van der Waals surface area contributed by atoms with Crippen molar-refractivity contribution in [2.24, 2.45) is 11.1 Å². The van der Waals surface area contributed by atoms with Gasteiger partial charge in [0.2, 0.25) is 0 Å². The van der Waals surface area contributed by atoms with Crippen LogP contribution >= 0.6 is 11.6 Å².